The third-order valence-corrected chi connectivity index (χ3v) is 4.27. The summed E-state index contributed by atoms with van der Waals surface area (Å²) in [5.41, 5.74) is 0. The summed E-state index contributed by atoms with van der Waals surface area (Å²) in [6, 6.07) is 0. The van der Waals surface area contributed by atoms with Crippen LogP contribution in [0.1, 0.15) is 13.3 Å². The van der Waals surface area contributed by atoms with Crippen LogP contribution in [0.2, 0.25) is 0 Å². The van der Waals surface area contributed by atoms with Crippen molar-refractivity contribution in [3.8, 4) is 0 Å². The normalized spacial score (nSPS) is 31.9. The maximum atomic E-state index is 11.2. The second kappa shape index (κ2) is 3.65. The van der Waals surface area contributed by atoms with Gasteiger partial charge in [0.1, 0.15) is 6.61 Å². The fourth-order valence-electron chi connectivity index (χ4n) is 1.77. The van der Waals surface area contributed by atoms with Crippen LogP contribution in [0.15, 0.2) is 0 Å². The molecule has 6 nitrogen and oxygen atoms in total. The van der Waals surface area contributed by atoms with Crippen LogP contribution in [0, 0.1) is 0 Å². The molecule has 1 N–H and O–H groups in total. The van der Waals surface area contributed by atoms with Gasteiger partial charge < -0.3 is 14.7 Å². The molecule has 1 amide bonds. The number of β-lactam (4-membered cyclic amide) rings is 1. The van der Waals surface area contributed by atoms with Crippen molar-refractivity contribution >= 4 is 29.6 Å². The van der Waals surface area contributed by atoms with E-state index in [-0.39, 0.29) is 24.4 Å². The summed E-state index contributed by atoms with van der Waals surface area (Å²) < 4.78 is 3.58. The number of carboxylic acids is 1. The van der Waals surface area contributed by atoms with E-state index in [1.54, 1.807) is 0 Å². The fraction of sp³-hybridized carbons (Fsp3) is 0.667. The summed E-state index contributed by atoms with van der Waals surface area (Å²) in [7, 11) is 0. The van der Waals surface area contributed by atoms with E-state index in [2.05, 4.69) is 0 Å². The number of hydrogen-bond acceptors (Lipinski definition) is 5. The number of esters is 1. The molecule has 88 valence electrons. The lowest BCUT2D eigenvalue weighted by atomic mass is 10.1. The lowest BCUT2D eigenvalue weighted by molar-refractivity contribution is -0.149. The van der Waals surface area contributed by atoms with Crippen LogP contribution < -0.4 is 0 Å². The number of rotatable bonds is 3. The molecule has 2 saturated heterocycles. The molecule has 2 heterocycles. The molecule has 2 aliphatic rings. The number of thioether (sulfide) groups is 1. The molecule has 2 aliphatic heterocycles. The zero-order valence-corrected chi connectivity index (χ0v) is 9.45. The number of ether oxygens (including phenoxy) is 1. The molecule has 16 heavy (non-hydrogen) atoms. The Hall–Kier alpha value is -1.24. The van der Waals surface area contributed by atoms with Crippen molar-refractivity contribution in [2.45, 2.75) is 23.5 Å². The van der Waals surface area contributed by atoms with Crippen molar-refractivity contribution in [1.82, 2.24) is 4.90 Å². The molecule has 2 rings (SSSR count). The van der Waals surface area contributed by atoms with E-state index in [0.717, 1.165) is 0 Å². The van der Waals surface area contributed by atoms with Gasteiger partial charge in [-0.2, -0.15) is 0 Å². The lowest BCUT2D eigenvalue weighted by Gasteiger charge is -2.32. The Morgan fingerprint density at radius 3 is 2.81 bits per heavy atom. The Kier molecular flexibility index (Phi) is 2.57. The summed E-state index contributed by atoms with van der Waals surface area (Å²) in [6.07, 6.45) is 0.375. The maximum absolute atomic E-state index is 11.2. The second-order valence-electron chi connectivity index (χ2n) is 3.88. The average molecular weight is 245 g/mol. The number of nitrogens with zero attached hydrogens (tertiary/aromatic N) is 1. The molecule has 0 saturated carbocycles. The minimum Gasteiger partial charge on any atom is -0.480 e. The van der Waals surface area contributed by atoms with Crippen molar-refractivity contribution < 1.29 is 24.2 Å². The number of amides is 1. The first-order chi connectivity index (χ1) is 7.44. The van der Waals surface area contributed by atoms with Gasteiger partial charge in [0.15, 0.2) is 4.75 Å². The molecule has 2 atom stereocenters. The molecule has 0 aliphatic carbocycles. The molecule has 7 heteroatoms. The first kappa shape index (κ1) is 11.3. The summed E-state index contributed by atoms with van der Waals surface area (Å²) in [5.74, 6) is -1.59. The van der Waals surface area contributed by atoms with E-state index in [0.29, 0.717) is 6.42 Å². The van der Waals surface area contributed by atoms with Crippen LogP contribution in [0.5, 0.6) is 0 Å². The van der Waals surface area contributed by atoms with E-state index in [1.807, 2.05) is 0 Å². The second-order valence-corrected chi connectivity index (χ2v) is 5.44. The third-order valence-electron chi connectivity index (χ3n) is 2.70. The zero-order valence-electron chi connectivity index (χ0n) is 8.63. The first-order valence-corrected chi connectivity index (χ1v) is 5.67. The van der Waals surface area contributed by atoms with E-state index < -0.39 is 16.7 Å². The largest absolute Gasteiger partial charge is 0.480 e. The molecule has 0 aromatic heterocycles. The minimum absolute atomic E-state index is 0.0385. The summed E-state index contributed by atoms with van der Waals surface area (Å²) >= 11 is 1.19. The molecule has 0 bridgehead atoms. The number of carbonyl (C=O) groups excluding carboxylic acids is 2. The van der Waals surface area contributed by atoms with Crippen molar-refractivity contribution in [1.29, 1.82) is 0 Å². The van der Waals surface area contributed by atoms with Crippen LogP contribution in [0.25, 0.3) is 0 Å². The number of aliphatic carboxylic acids is 1. The number of hydrogen-bond donors (Lipinski definition) is 1. The molecular formula is C9H11NO5S. The monoisotopic (exact) mass is 245 g/mol. The molecule has 2 fully saturated rings. The Morgan fingerprint density at radius 1 is 1.69 bits per heavy atom. The predicted molar refractivity (Wildman–Crippen MR) is 54.7 cm³/mol. The molecular weight excluding hydrogens is 234 g/mol. The Bertz CT molecular complexity index is 371. The fourth-order valence-corrected chi connectivity index (χ4v) is 3.28. The van der Waals surface area contributed by atoms with Gasteiger partial charge in [-0.05, 0) is 0 Å². The molecule has 1 unspecified atom stereocenters. The van der Waals surface area contributed by atoms with Gasteiger partial charge >= 0.3 is 11.9 Å². The molecule has 0 radical (unpaired) electrons. The van der Waals surface area contributed by atoms with Gasteiger partial charge in [-0.3, -0.25) is 14.4 Å². The van der Waals surface area contributed by atoms with Gasteiger partial charge in [-0.15, -0.1) is 11.8 Å². The molecule has 0 spiro atoms. The Morgan fingerprint density at radius 2 is 2.38 bits per heavy atom. The Balaban J connectivity index is 2.09. The van der Waals surface area contributed by atoms with Gasteiger partial charge in [0.05, 0.1) is 18.3 Å². The van der Waals surface area contributed by atoms with E-state index in [4.69, 9.17) is 4.74 Å². The first-order valence-electron chi connectivity index (χ1n) is 4.79. The van der Waals surface area contributed by atoms with Gasteiger partial charge in [0, 0.05) is 6.92 Å². The summed E-state index contributed by atoms with van der Waals surface area (Å²) in [5, 5.41) is 9.11. The smallest absolute Gasteiger partial charge is 0.325 e. The summed E-state index contributed by atoms with van der Waals surface area (Å²) in [4.78, 5) is 34.6. The standard InChI is InChI=1S/C9H11NO5S/c1-5(11)15-4-9(8(13)14)3-10-6(12)2-7(10)16-9/h7H,2-4H2,1H3,(H,13,14)/t7-,9?/m1/s1. The van der Waals surface area contributed by atoms with Crippen LogP contribution in [-0.2, 0) is 19.1 Å². The maximum Gasteiger partial charge on any atom is 0.325 e. The highest BCUT2D eigenvalue weighted by Crippen LogP contribution is 2.46. The van der Waals surface area contributed by atoms with Crippen molar-refractivity contribution in [3.63, 3.8) is 0 Å². The number of carboxylic acid groups (broad SMARTS) is 1. The highest BCUT2D eigenvalue weighted by molar-refractivity contribution is 8.02. The van der Waals surface area contributed by atoms with Crippen LogP contribution in [0.4, 0.5) is 0 Å². The van der Waals surface area contributed by atoms with Gasteiger partial charge in [0.2, 0.25) is 5.91 Å². The van der Waals surface area contributed by atoms with Crippen molar-refractivity contribution in [2.24, 2.45) is 0 Å². The average Bonchev–Trinajstić information content (AvgIpc) is 2.50. The third kappa shape index (κ3) is 1.64. The quantitative estimate of drug-likeness (QED) is 0.542. The number of fused-ring (bicyclic) bond motifs is 1. The Labute approximate surface area is 95.9 Å². The van der Waals surface area contributed by atoms with Crippen molar-refractivity contribution in [2.75, 3.05) is 13.2 Å². The molecule has 0 aromatic rings. The van der Waals surface area contributed by atoms with Crippen LogP contribution in [0.3, 0.4) is 0 Å². The van der Waals surface area contributed by atoms with Gasteiger partial charge in [-0.1, -0.05) is 0 Å². The lowest BCUT2D eigenvalue weighted by Crippen LogP contribution is -2.50. The van der Waals surface area contributed by atoms with E-state index >= 15 is 0 Å². The molecule has 0 aromatic carbocycles. The van der Waals surface area contributed by atoms with E-state index in [9.17, 15) is 19.5 Å². The van der Waals surface area contributed by atoms with Crippen LogP contribution >= 0.6 is 11.8 Å². The highest BCUT2D eigenvalue weighted by Gasteiger charge is 2.57. The highest BCUT2D eigenvalue weighted by atomic mass is 32.2. The van der Waals surface area contributed by atoms with E-state index in [1.165, 1.54) is 23.6 Å². The zero-order chi connectivity index (χ0) is 11.9. The van der Waals surface area contributed by atoms with Gasteiger partial charge in [-0.25, -0.2) is 0 Å². The van der Waals surface area contributed by atoms with Gasteiger partial charge in [0.25, 0.3) is 0 Å². The van der Waals surface area contributed by atoms with Crippen molar-refractivity contribution in [3.05, 3.63) is 0 Å². The SMILES string of the molecule is CC(=O)OCC1(C(=O)O)CN2C(=O)C[C@H]2S1. The number of carbonyl (C=O) groups is 3. The predicted octanol–water partition coefficient (Wildman–Crippen LogP) is -0.322. The topological polar surface area (TPSA) is 83.9 Å². The minimum atomic E-state index is -1.19. The van der Waals surface area contributed by atoms with Crippen LogP contribution in [-0.4, -0.2) is 51.1 Å². The summed E-state index contributed by atoms with van der Waals surface area (Å²) in [6.45, 7) is 1.15.